The van der Waals surface area contributed by atoms with Crippen molar-refractivity contribution in [1.29, 1.82) is 0 Å². The lowest BCUT2D eigenvalue weighted by atomic mass is 10.3. The molecule has 6 nitrogen and oxygen atoms in total. The Morgan fingerprint density at radius 1 is 1.56 bits per heavy atom. The van der Waals surface area contributed by atoms with Gasteiger partial charge in [-0.05, 0) is 20.8 Å². The summed E-state index contributed by atoms with van der Waals surface area (Å²) >= 11 is 1.35. The first-order valence-electron chi connectivity index (χ1n) is 5.61. The number of carbonyl (C=O) groups is 2. The number of urea groups is 1. The topological polar surface area (TPSA) is 82.5 Å². The van der Waals surface area contributed by atoms with Crippen LogP contribution in [-0.4, -0.2) is 39.6 Å². The molecule has 18 heavy (non-hydrogen) atoms. The van der Waals surface area contributed by atoms with Gasteiger partial charge in [0.05, 0.1) is 12.1 Å². The SMILES string of the molecule is Cc1csc(NC(=O)N(CCC(=O)O)C(C)C)n1. The van der Waals surface area contributed by atoms with Crippen LogP contribution in [0.4, 0.5) is 9.93 Å². The Morgan fingerprint density at radius 2 is 2.22 bits per heavy atom. The summed E-state index contributed by atoms with van der Waals surface area (Å²) in [7, 11) is 0. The van der Waals surface area contributed by atoms with E-state index in [9.17, 15) is 9.59 Å². The van der Waals surface area contributed by atoms with Crippen LogP contribution < -0.4 is 5.32 Å². The van der Waals surface area contributed by atoms with Crippen LogP contribution in [0.15, 0.2) is 5.38 Å². The normalized spacial score (nSPS) is 10.4. The molecule has 2 N–H and O–H groups in total. The molecule has 0 bridgehead atoms. The molecule has 0 fully saturated rings. The van der Waals surface area contributed by atoms with Crippen LogP contribution in [0.2, 0.25) is 0 Å². The lowest BCUT2D eigenvalue weighted by Gasteiger charge is -2.25. The van der Waals surface area contributed by atoms with Crippen molar-refractivity contribution in [3.8, 4) is 0 Å². The van der Waals surface area contributed by atoms with Crippen LogP contribution in [0, 0.1) is 6.92 Å². The molecule has 0 atom stereocenters. The van der Waals surface area contributed by atoms with E-state index < -0.39 is 5.97 Å². The minimum absolute atomic E-state index is 0.0644. The average Bonchev–Trinajstić information content (AvgIpc) is 2.63. The maximum atomic E-state index is 12.0. The third kappa shape index (κ3) is 4.33. The van der Waals surface area contributed by atoms with Gasteiger partial charge in [-0.3, -0.25) is 10.1 Å². The number of rotatable bonds is 5. The fourth-order valence-electron chi connectivity index (χ4n) is 1.39. The Balaban J connectivity index is 2.62. The first-order valence-corrected chi connectivity index (χ1v) is 6.49. The number of carbonyl (C=O) groups excluding carboxylic acids is 1. The maximum Gasteiger partial charge on any atom is 0.323 e. The van der Waals surface area contributed by atoms with Crippen molar-refractivity contribution in [3.63, 3.8) is 0 Å². The average molecular weight is 271 g/mol. The van der Waals surface area contributed by atoms with Gasteiger partial charge in [-0.15, -0.1) is 11.3 Å². The third-order valence-corrected chi connectivity index (χ3v) is 3.16. The molecule has 100 valence electrons. The van der Waals surface area contributed by atoms with E-state index in [1.165, 1.54) is 16.2 Å². The molecule has 0 unspecified atom stereocenters. The molecule has 1 aromatic rings. The number of amides is 2. The van der Waals surface area contributed by atoms with E-state index >= 15 is 0 Å². The summed E-state index contributed by atoms with van der Waals surface area (Å²) in [5.41, 5.74) is 0.844. The van der Waals surface area contributed by atoms with E-state index in [1.54, 1.807) is 0 Å². The molecule has 0 aliphatic heterocycles. The van der Waals surface area contributed by atoms with Crippen molar-refractivity contribution < 1.29 is 14.7 Å². The van der Waals surface area contributed by atoms with Crippen molar-refractivity contribution >= 4 is 28.5 Å². The second-order valence-corrected chi connectivity index (χ2v) is 5.01. The maximum absolute atomic E-state index is 12.0. The summed E-state index contributed by atoms with van der Waals surface area (Å²) in [6, 6.07) is -0.383. The fourth-order valence-corrected chi connectivity index (χ4v) is 2.06. The fraction of sp³-hybridized carbons (Fsp3) is 0.545. The van der Waals surface area contributed by atoms with Gasteiger partial charge in [0, 0.05) is 18.0 Å². The summed E-state index contributed by atoms with van der Waals surface area (Å²) < 4.78 is 0. The molecular formula is C11H17N3O3S. The smallest absolute Gasteiger partial charge is 0.323 e. The number of carboxylic acid groups (broad SMARTS) is 1. The Labute approximate surface area is 110 Å². The van der Waals surface area contributed by atoms with Gasteiger partial charge in [0.2, 0.25) is 0 Å². The molecule has 2 amide bonds. The van der Waals surface area contributed by atoms with Crippen molar-refractivity contribution in [2.45, 2.75) is 33.2 Å². The van der Waals surface area contributed by atoms with E-state index in [-0.39, 0.29) is 25.0 Å². The first-order chi connectivity index (χ1) is 8.40. The van der Waals surface area contributed by atoms with E-state index in [2.05, 4.69) is 10.3 Å². The zero-order valence-electron chi connectivity index (χ0n) is 10.6. The summed E-state index contributed by atoms with van der Waals surface area (Å²) in [5, 5.41) is 13.7. The first kappa shape index (κ1) is 14.4. The highest BCUT2D eigenvalue weighted by atomic mass is 32.1. The lowest BCUT2D eigenvalue weighted by Crippen LogP contribution is -2.41. The van der Waals surface area contributed by atoms with Gasteiger partial charge in [-0.2, -0.15) is 0 Å². The number of aryl methyl sites for hydroxylation is 1. The predicted molar refractivity (Wildman–Crippen MR) is 70.0 cm³/mol. The quantitative estimate of drug-likeness (QED) is 0.859. The van der Waals surface area contributed by atoms with Crippen molar-refractivity contribution in [1.82, 2.24) is 9.88 Å². The Kier molecular flexibility index (Phi) is 5.08. The number of carboxylic acids is 1. The number of anilines is 1. The van der Waals surface area contributed by atoms with Gasteiger partial charge in [-0.1, -0.05) is 0 Å². The molecule has 7 heteroatoms. The highest BCUT2D eigenvalue weighted by molar-refractivity contribution is 7.13. The van der Waals surface area contributed by atoms with Crippen LogP contribution in [0.1, 0.15) is 26.0 Å². The van der Waals surface area contributed by atoms with Gasteiger partial charge < -0.3 is 10.0 Å². The van der Waals surface area contributed by atoms with Crippen molar-refractivity contribution in [2.75, 3.05) is 11.9 Å². The summed E-state index contributed by atoms with van der Waals surface area (Å²) in [4.78, 5) is 28.1. The van der Waals surface area contributed by atoms with Crippen LogP contribution in [0.3, 0.4) is 0 Å². The largest absolute Gasteiger partial charge is 0.481 e. The Hall–Kier alpha value is -1.63. The number of hydrogen-bond donors (Lipinski definition) is 2. The molecule has 0 aliphatic carbocycles. The molecular weight excluding hydrogens is 254 g/mol. The van der Waals surface area contributed by atoms with Crippen LogP contribution in [0.25, 0.3) is 0 Å². The zero-order valence-corrected chi connectivity index (χ0v) is 11.5. The van der Waals surface area contributed by atoms with Gasteiger partial charge in [0.25, 0.3) is 0 Å². The zero-order chi connectivity index (χ0) is 13.7. The minimum Gasteiger partial charge on any atom is -0.481 e. The van der Waals surface area contributed by atoms with Gasteiger partial charge in [-0.25, -0.2) is 9.78 Å². The summed E-state index contributed by atoms with van der Waals surface area (Å²) in [5.74, 6) is -0.918. The Bertz CT molecular complexity index is 431. The van der Waals surface area contributed by atoms with Crippen LogP contribution in [-0.2, 0) is 4.79 Å². The van der Waals surface area contributed by atoms with Crippen molar-refractivity contribution in [2.24, 2.45) is 0 Å². The van der Waals surface area contributed by atoms with E-state index in [0.29, 0.717) is 5.13 Å². The molecule has 1 heterocycles. The van der Waals surface area contributed by atoms with E-state index in [4.69, 9.17) is 5.11 Å². The molecule has 0 saturated heterocycles. The number of hydrogen-bond acceptors (Lipinski definition) is 4. The highest BCUT2D eigenvalue weighted by Crippen LogP contribution is 2.15. The highest BCUT2D eigenvalue weighted by Gasteiger charge is 2.18. The van der Waals surface area contributed by atoms with Gasteiger partial charge in [0.1, 0.15) is 0 Å². The number of aliphatic carboxylic acids is 1. The Morgan fingerprint density at radius 3 is 2.67 bits per heavy atom. The predicted octanol–water partition coefficient (Wildman–Crippen LogP) is 2.17. The van der Waals surface area contributed by atoms with Crippen LogP contribution >= 0.6 is 11.3 Å². The third-order valence-electron chi connectivity index (χ3n) is 2.28. The monoisotopic (exact) mass is 271 g/mol. The van der Waals surface area contributed by atoms with Crippen LogP contribution in [0.5, 0.6) is 0 Å². The summed E-state index contributed by atoms with van der Waals surface area (Å²) in [6.45, 7) is 5.71. The summed E-state index contributed by atoms with van der Waals surface area (Å²) in [6.07, 6.45) is -0.0670. The second kappa shape index (κ2) is 6.34. The molecule has 0 aliphatic rings. The van der Waals surface area contributed by atoms with Crippen molar-refractivity contribution in [3.05, 3.63) is 11.1 Å². The second-order valence-electron chi connectivity index (χ2n) is 4.16. The molecule has 0 saturated carbocycles. The number of thiazole rings is 1. The molecule has 0 spiro atoms. The van der Waals surface area contributed by atoms with Gasteiger partial charge >= 0.3 is 12.0 Å². The number of nitrogens with one attached hydrogen (secondary N) is 1. The minimum atomic E-state index is -0.918. The van der Waals surface area contributed by atoms with E-state index in [0.717, 1.165) is 5.69 Å². The van der Waals surface area contributed by atoms with E-state index in [1.807, 2.05) is 26.2 Å². The number of nitrogens with zero attached hydrogens (tertiary/aromatic N) is 2. The molecule has 1 rings (SSSR count). The standard InChI is InChI=1S/C11H17N3O3S/c1-7(2)14(5-4-9(15)16)11(17)13-10-12-8(3)6-18-10/h6-7H,4-5H2,1-3H3,(H,15,16)(H,12,13,17). The molecule has 1 aromatic heterocycles. The molecule has 0 radical (unpaired) electrons. The lowest BCUT2D eigenvalue weighted by molar-refractivity contribution is -0.137. The molecule has 0 aromatic carbocycles. The number of aromatic nitrogens is 1. The van der Waals surface area contributed by atoms with Gasteiger partial charge in [0.15, 0.2) is 5.13 Å².